The molecular weight excluding hydrogens is 408 g/mol. The van der Waals surface area contributed by atoms with Crippen molar-refractivity contribution in [2.45, 2.75) is 26.3 Å². The van der Waals surface area contributed by atoms with Gasteiger partial charge >= 0.3 is 0 Å². The Morgan fingerprint density at radius 3 is 2.61 bits per heavy atom. The first-order chi connectivity index (χ1) is 14.9. The summed E-state index contributed by atoms with van der Waals surface area (Å²) in [6.45, 7) is 1.78. The van der Waals surface area contributed by atoms with Gasteiger partial charge in [-0.2, -0.15) is 9.78 Å². The van der Waals surface area contributed by atoms with Crippen molar-refractivity contribution in [3.05, 3.63) is 65.5 Å². The molecule has 0 atom stereocenters. The third kappa shape index (κ3) is 4.44. The first kappa shape index (κ1) is 20.3. The number of hydrazone groups is 1. The van der Waals surface area contributed by atoms with Crippen molar-refractivity contribution in [2.75, 3.05) is 5.32 Å². The highest BCUT2D eigenvalue weighted by Gasteiger charge is 2.25. The molecule has 0 unspecified atom stereocenters. The molecule has 1 N–H and O–H groups in total. The van der Waals surface area contributed by atoms with Crippen LogP contribution in [0.1, 0.15) is 24.2 Å². The van der Waals surface area contributed by atoms with Crippen LogP contribution in [-0.4, -0.2) is 42.7 Å². The monoisotopic (exact) mass is 425 g/mol. The molecule has 0 fully saturated rings. The van der Waals surface area contributed by atoms with Gasteiger partial charge in [-0.1, -0.05) is 12.1 Å². The average molecular weight is 425 g/mol. The molecule has 2 heterocycles. The lowest BCUT2D eigenvalue weighted by molar-refractivity contribution is -0.132. The summed E-state index contributed by atoms with van der Waals surface area (Å²) in [7, 11) is 0. The zero-order chi connectivity index (χ0) is 22.0. The normalized spacial score (nSPS) is 13.8. The quantitative estimate of drug-likeness (QED) is 0.676. The lowest BCUT2D eigenvalue weighted by atomic mass is 10.1. The van der Waals surface area contributed by atoms with E-state index in [-0.39, 0.29) is 36.7 Å². The largest absolute Gasteiger partial charge is 0.318 e. The highest BCUT2D eigenvalue weighted by atomic mass is 19.1. The zero-order valence-corrected chi connectivity index (χ0v) is 16.4. The summed E-state index contributed by atoms with van der Waals surface area (Å²) in [5.74, 6) is -1.42. The van der Waals surface area contributed by atoms with Gasteiger partial charge in [0.25, 0.3) is 5.91 Å². The molecule has 158 valence electrons. The maximum atomic E-state index is 14.3. The molecule has 1 aromatic heterocycles. The van der Waals surface area contributed by atoms with E-state index in [9.17, 15) is 18.4 Å². The SMILES string of the molecule is Cc1nnnn1-c1ccc(F)c(NC(=O)C2=NN(Cc3ccc(F)cc3)C(=O)CC2)c1. The van der Waals surface area contributed by atoms with Crippen LogP contribution < -0.4 is 5.32 Å². The number of halogens is 2. The second kappa shape index (κ2) is 8.38. The van der Waals surface area contributed by atoms with E-state index in [1.54, 1.807) is 6.92 Å². The summed E-state index contributed by atoms with van der Waals surface area (Å²) in [6.07, 6.45) is 0.206. The molecule has 2 amide bonds. The van der Waals surface area contributed by atoms with Gasteiger partial charge in [-0.05, 0) is 53.2 Å². The van der Waals surface area contributed by atoms with Crippen molar-refractivity contribution in [1.82, 2.24) is 25.2 Å². The Morgan fingerprint density at radius 1 is 1.13 bits per heavy atom. The first-order valence-corrected chi connectivity index (χ1v) is 9.39. The summed E-state index contributed by atoms with van der Waals surface area (Å²) >= 11 is 0. The fourth-order valence-electron chi connectivity index (χ4n) is 3.06. The van der Waals surface area contributed by atoms with Crippen LogP contribution in [0.25, 0.3) is 5.69 Å². The van der Waals surface area contributed by atoms with Crippen molar-refractivity contribution in [3.8, 4) is 5.69 Å². The van der Waals surface area contributed by atoms with E-state index in [0.717, 1.165) is 5.01 Å². The van der Waals surface area contributed by atoms with E-state index in [0.29, 0.717) is 17.1 Å². The Labute approximate surface area is 175 Å². The summed E-state index contributed by atoms with van der Waals surface area (Å²) < 4.78 is 28.8. The molecule has 0 spiro atoms. The number of amides is 2. The van der Waals surface area contributed by atoms with Crippen molar-refractivity contribution in [3.63, 3.8) is 0 Å². The van der Waals surface area contributed by atoms with E-state index in [1.807, 2.05) is 0 Å². The van der Waals surface area contributed by atoms with Crippen LogP contribution in [0.2, 0.25) is 0 Å². The summed E-state index contributed by atoms with van der Waals surface area (Å²) in [6, 6.07) is 9.71. The van der Waals surface area contributed by atoms with E-state index in [2.05, 4.69) is 25.9 Å². The van der Waals surface area contributed by atoms with Gasteiger partial charge in [-0.15, -0.1) is 5.10 Å². The minimum absolute atomic E-state index is 0.0675. The van der Waals surface area contributed by atoms with Crippen molar-refractivity contribution >= 4 is 23.2 Å². The fraction of sp³-hybridized carbons (Fsp3) is 0.200. The third-order valence-electron chi connectivity index (χ3n) is 4.68. The minimum atomic E-state index is -0.640. The van der Waals surface area contributed by atoms with Crippen LogP contribution in [0.4, 0.5) is 14.5 Å². The number of aromatic nitrogens is 4. The number of carbonyl (C=O) groups is 2. The highest BCUT2D eigenvalue weighted by Crippen LogP contribution is 2.20. The Kier molecular flexibility index (Phi) is 5.48. The predicted octanol–water partition coefficient (Wildman–Crippen LogP) is 2.37. The number of nitrogens with one attached hydrogen (secondary N) is 1. The van der Waals surface area contributed by atoms with Gasteiger partial charge in [-0.3, -0.25) is 9.59 Å². The molecular formula is C20H17F2N7O2. The molecule has 1 aliphatic rings. The van der Waals surface area contributed by atoms with Crippen LogP contribution in [0, 0.1) is 18.6 Å². The molecule has 2 aromatic carbocycles. The molecule has 0 saturated carbocycles. The van der Waals surface area contributed by atoms with E-state index < -0.39 is 17.5 Å². The molecule has 0 saturated heterocycles. The summed E-state index contributed by atoms with van der Waals surface area (Å²) in [5, 5.41) is 18.9. The second-order valence-electron chi connectivity index (χ2n) is 6.88. The second-order valence-corrected chi connectivity index (χ2v) is 6.88. The van der Waals surface area contributed by atoms with Crippen molar-refractivity contribution in [1.29, 1.82) is 0 Å². The van der Waals surface area contributed by atoms with Gasteiger partial charge < -0.3 is 5.32 Å². The van der Waals surface area contributed by atoms with Gasteiger partial charge in [0.15, 0.2) is 5.82 Å². The molecule has 0 radical (unpaired) electrons. The highest BCUT2D eigenvalue weighted by molar-refractivity contribution is 6.43. The Balaban J connectivity index is 1.53. The molecule has 4 rings (SSSR count). The molecule has 1 aliphatic heterocycles. The lowest BCUT2D eigenvalue weighted by Crippen LogP contribution is -2.36. The molecule has 9 nitrogen and oxygen atoms in total. The van der Waals surface area contributed by atoms with Gasteiger partial charge in [0.1, 0.15) is 17.3 Å². The molecule has 31 heavy (non-hydrogen) atoms. The van der Waals surface area contributed by atoms with Gasteiger partial charge in [0, 0.05) is 12.8 Å². The molecule has 0 bridgehead atoms. The summed E-state index contributed by atoms with van der Waals surface area (Å²) in [4.78, 5) is 24.9. The number of rotatable bonds is 5. The topological polar surface area (TPSA) is 105 Å². The molecule has 0 aliphatic carbocycles. The van der Waals surface area contributed by atoms with E-state index in [4.69, 9.17) is 0 Å². The van der Waals surface area contributed by atoms with Crippen molar-refractivity contribution < 1.29 is 18.4 Å². The Hall–Kier alpha value is -4.02. The van der Waals surface area contributed by atoms with Crippen LogP contribution in [0.15, 0.2) is 47.6 Å². The number of carbonyl (C=O) groups excluding carboxylic acids is 2. The lowest BCUT2D eigenvalue weighted by Gasteiger charge is -2.23. The van der Waals surface area contributed by atoms with Crippen LogP contribution in [0.5, 0.6) is 0 Å². The standard InChI is InChI=1S/C20H17F2N7O2/c1-12-24-26-27-29(12)15-6-7-16(22)18(10-15)23-20(31)17-8-9-19(30)28(25-17)11-13-2-4-14(21)5-3-13/h2-7,10H,8-9,11H2,1H3,(H,23,31). The minimum Gasteiger partial charge on any atom is -0.318 e. The number of nitrogens with zero attached hydrogens (tertiary/aromatic N) is 6. The summed E-state index contributed by atoms with van der Waals surface area (Å²) in [5.41, 5.74) is 1.15. The maximum Gasteiger partial charge on any atom is 0.271 e. The van der Waals surface area contributed by atoms with E-state index in [1.165, 1.54) is 47.1 Å². The van der Waals surface area contributed by atoms with Crippen LogP contribution >= 0.6 is 0 Å². The van der Waals surface area contributed by atoms with Gasteiger partial charge in [-0.25, -0.2) is 13.8 Å². The fourth-order valence-corrected chi connectivity index (χ4v) is 3.06. The van der Waals surface area contributed by atoms with Gasteiger partial charge in [0.05, 0.1) is 17.9 Å². The number of hydrogen-bond donors (Lipinski definition) is 1. The number of hydrogen-bond acceptors (Lipinski definition) is 6. The average Bonchev–Trinajstić information content (AvgIpc) is 3.18. The number of tetrazole rings is 1. The Bertz CT molecular complexity index is 1170. The van der Waals surface area contributed by atoms with E-state index >= 15 is 0 Å². The smallest absolute Gasteiger partial charge is 0.271 e. The predicted molar refractivity (Wildman–Crippen MR) is 106 cm³/mol. The molecule has 11 heteroatoms. The number of benzene rings is 2. The zero-order valence-electron chi connectivity index (χ0n) is 16.4. The maximum absolute atomic E-state index is 14.3. The molecule has 3 aromatic rings. The van der Waals surface area contributed by atoms with Gasteiger partial charge in [0.2, 0.25) is 5.91 Å². The van der Waals surface area contributed by atoms with Crippen LogP contribution in [-0.2, 0) is 16.1 Å². The van der Waals surface area contributed by atoms with Crippen molar-refractivity contribution in [2.24, 2.45) is 5.10 Å². The van der Waals surface area contributed by atoms with Crippen LogP contribution in [0.3, 0.4) is 0 Å². The Morgan fingerprint density at radius 2 is 1.90 bits per heavy atom. The first-order valence-electron chi connectivity index (χ1n) is 9.39. The number of aryl methyl sites for hydroxylation is 1. The third-order valence-corrected chi connectivity index (χ3v) is 4.68. The number of anilines is 1.